The van der Waals surface area contributed by atoms with E-state index in [0.29, 0.717) is 17.9 Å². The molecule has 0 aliphatic rings. The van der Waals surface area contributed by atoms with Crippen molar-refractivity contribution in [1.29, 1.82) is 5.26 Å². The van der Waals surface area contributed by atoms with Gasteiger partial charge >= 0.3 is 0 Å². The summed E-state index contributed by atoms with van der Waals surface area (Å²) in [6.07, 6.45) is 1.62. The van der Waals surface area contributed by atoms with E-state index in [1.165, 1.54) is 0 Å². The smallest absolute Gasteiger partial charge is 0.166 e. The second-order valence-electron chi connectivity index (χ2n) is 4.23. The molecule has 0 spiro atoms. The second kappa shape index (κ2) is 5.50. The van der Waals surface area contributed by atoms with Crippen molar-refractivity contribution in [1.82, 2.24) is 14.8 Å². The standard InChI is InChI=1S/C13H15N5O/c1-9(15)13-16-8-18(17-13)7-11-5-10(6-14)3-4-12(11)19-2/h3-5,8-9H,7,15H2,1-2H3. The lowest BCUT2D eigenvalue weighted by Gasteiger charge is -2.08. The van der Waals surface area contributed by atoms with E-state index in [1.807, 2.05) is 6.92 Å². The number of ether oxygens (including phenoxy) is 1. The topological polar surface area (TPSA) is 89.8 Å². The lowest BCUT2D eigenvalue weighted by molar-refractivity contribution is 0.407. The van der Waals surface area contributed by atoms with Gasteiger partial charge < -0.3 is 10.5 Å². The molecule has 0 aliphatic heterocycles. The number of hydrogen-bond donors (Lipinski definition) is 1. The van der Waals surface area contributed by atoms with Gasteiger partial charge in [0.15, 0.2) is 5.82 Å². The maximum absolute atomic E-state index is 8.93. The molecule has 1 atom stereocenters. The average Bonchev–Trinajstić information content (AvgIpc) is 2.87. The number of nitrogens with zero attached hydrogens (tertiary/aromatic N) is 4. The zero-order chi connectivity index (χ0) is 13.8. The normalized spacial score (nSPS) is 11.9. The molecule has 2 aromatic rings. The minimum Gasteiger partial charge on any atom is -0.496 e. The molecular weight excluding hydrogens is 242 g/mol. The molecule has 2 N–H and O–H groups in total. The molecule has 0 aliphatic carbocycles. The second-order valence-corrected chi connectivity index (χ2v) is 4.23. The van der Waals surface area contributed by atoms with Crippen LogP contribution in [0.15, 0.2) is 24.5 Å². The van der Waals surface area contributed by atoms with Crippen LogP contribution >= 0.6 is 0 Å². The summed E-state index contributed by atoms with van der Waals surface area (Å²) in [7, 11) is 1.60. The zero-order valence-electron chi connectivity index (χ0n) is 10.9. The fraction of sp³-hybridized carbons (Fsp3) is 0.308. The first-order chi connectivity index (χ1) is 9.13. The first kappa shape index (κ1) is 13.1. The van der Waals surface area contributed by atoms with Crippen LogP contribution in [0, 0.1) is 11.3 Å². The molecule has 19 heavy (non-hydrogen) atoms. The van der Waals surface area contributed by atoms with Gasteiger partial charge in [-0.2, -0.15) is 10.4 Å². The summed E-state index contributed by atoms with van der Waals surface area (Å²) in [5.74, 6) is 1.31. The summed E-state index contributed by atoms with van der Waals surface area (Å²) < 4.78 is 6.95. The summed E-state index contributed by atoms with van der Waals surface area (Å²) in [6.45, 7) is 2.31. The van der Waals surface area contributed by atoms with Crippen LogP contribution in [0.1, 0.15) is 29.9 Å². The van der Waals surface area contributed by atoms with Gasteiger partial charge in [0.2, 0.25) is 0 Å². The molecule has 0 amide bonds. The van der Waals surface area contributed by atoms with Crippen LogP contribution in [0.4, 0.5) is 0 Å². The van der Waals surface area contributed by atoms with E-state index >= 15 is 0 Å². The fourth-order valence-electron chi connectivity index (χ4n) is 1.74. The van der Waals surface area contributed by atoms with E-state index in [0.717, 1.165) is 11.3 Å². The lowest BCUT2D eigenvalue weighted by Crippen LogP contribution is -2.09. The summed E-state index contributed by atoms with van der Waals surface area (Å²) in [6, 6.07) is 7.18. The van der Waals surface area contributed by atoms with Gasteiger partial charge in [-0.25, -0.2) is 9.67 Å². The van der Waals surface area contributed by atoms with Gasteiger partial charge in [-0.1, -0.05) is 0 Å². The van der Waals surface area contributed by atoms with Crippen LogP contribution < -0.4 is 10.5 Å². The highest BCUT2D eigenvalue weighted by Gasteiger charge is 2.09. The number of benzene rings is 1. The molecule has 6 nitrogen and oxygen atoms in total. The first-order valence-corrected chi connectivity index (χ1v) is 5.86. The molecule has 1 unspecified atom stereocenters. The molecule has 0 bridgehead atoms. The molecule has 1 aromatic carbocycles. The number of nitriles is 1. The highest BCUT2D eigenvalue weighted by molar-refractivity contribution is 5.42. The van der Waals surface area contributed by atoms with Crippen molar-refractivity contribution < 1.29 is 4.74 Å². The Bertz CT molecular complexity index is 612. The van der Waals surface area contributed by atoms with Gasteiger partial charge in [-0.3, -0.25) is 0 Å². The van der Waals surface area contributed by atoms with Crippen molar-refractivity contribution >= 4 is 0 Å². The quantitative estimate of drug-likeness (QED) is 0.889. The first-order valence-electron chi connectivity index (χ1n) is 5.86. The predicted octanol–water partition coefficient (Wildman–Crippen LogP) is 1.23. The van der Waals surface area contributed by atoms with E-state index in [9.17, 15) is 0 Å². The third-order valence-corrected chi connectivity index (χ3v) is 2.70. The van der Waals surface area contributed by atoms with Gasteiger partial charge in [0.05, 0.1) is 31.3 Å². The maximum atomic E-state index is 8.93. The Balaban J connectivity index is 2.28. The zero-order valence-corrected chi connectivity index (χ0v) is 10.9. The van der Waals surface area contributed by atoms with Crippen LogP contribution in [0.5, 0.6) is 5.75 Å². The maximum Gasteiger partial charge on any atom is 0.166 e. The van der Waals surface area contributed by atoms with Crippen LogP contribution in [0.25, 0.3) is 0 Å². The Morgan fingerprint density at radius 3 is 2.89 bits per heavy atom. The molecule has 0 saturated carbocycles. The third kappa shape index (κ3) is 2.89. The van der Waals surface area contributed by atoms with Crippen LogP contribution in [-0.2, 0) is 6.54 Å². The van der Waals surface area contributed by atoms with E-state index in [1.54, 1.807) is 36.3 Å². The van der Waals surface area contributed by atoms with E-state index in [-0.39, 0.29) is 6.04 Å². The van der Waals surface area contributed by atoms with Crippen LogP contribution in [0.3, 0.4) is 0 Å². The Labute approximate surface area is 111 Å². The molecule has 1 heterocycles. The molecular formula is C13H15N5O. The molecule has 0 saturated heterocycles. The van der Waals surface area contributed by atoms with Crippen molar-refractivity contribution in [3.63, 3.8) is 0 Å². The van der Waals surface area contributed by atoms with Crippen molar-refractivity contribution in [3.8, 4) is 11.8 Å². The largest absolute Gasteiger partial charge is 0.496 e. The average molecular weight is 257 g/mol. The highest BCUT2D eigenvalue weighted by atomic mass is 16.5. The molecule has 0 radical (unpaired) electrons. The van der Waals surface area contributed by atoms with Crippen molar-refractivity contribution in [2.24, 2.45) is 5.73 Å². The van der Waals surface area contributed by atoms with Crippen LogP contribution in [-0.4, -0.2) is 21.9 Å². The van der Waals surface area contributed by atoms with E-state index in [4.69, 9.17) is 15.7 Å². The third-order valence-electron chi connectivity index (χ3n) is 2.70. The molecule has 2 rings (SSSR count). The van der Waals surface area contributed by atoms with Gasteiger partial charge in [-0.15, -0.1) is 0 Å². The predicted molar refractivity (Wildman–Crippen MR) is 69.4 cm³/mol. The summed E-state index contributed by atoms with van der Waals surface area (Å²) in [5, 5.41) is 13.2. The highest BCUT2D eigenvalue weighted by Crippen LogP contribution is 2.20. The Kier molecular flexibility index (Phi) is 3.78. The Hall–Kier alpha value is -2.39. The van der Waals surface area contributed by atoms with E-state index in [2.05, 4.69) is 16.2 Å². The van der Waals surface area contributed by atoms with Gasteiger partial charge in [-0.05, 0) is 25.1 Å². The summed E-state index contributed by atoms with van der Waals surface area (Å²) >= 11 is 0. The number of nitrogens with two attached hydrogens (primary N) is 1. The number of rotatable bonds is 4. The number of hydrogen-bond acceptors (Lipinski definition) is 5. The minimum atomic E-state index is -0.200. The number of methoxy groups -OCH3 is 1. The van der Waals surface area contributed by atoms with Crippen molar-refractivity contribution in [2.45, 2.75) is 19.5 Å². The van der Waals surface area contributed by atoms with Gasteiger partial charge in [0.1, 0.15) is 12.1 Å². The fourth-order valence-corrected chi connectivity index (χ4v) is 1.74. The van der Waals surface area contributed by atoms with E-state index < -0.39 is 0 Å². The monoisotopic (exact) mass is 257 g/mol. The SMILES string of the molecule is COc1ccc(C#N)cc1Cn1cnc(C(C)N)n1. The summed E-state index contributed by atoms with van der Waals surface area (Å²) in [5.41, 5.74) is 7.18. The molecule has 1 aromatic heterocycles. The molecule has 6 heteroatoms. The number of aromatic nitrogens is 3. The van der Waals surface area contributed by atoms with Crippen molar-refractivity contribution in [3.05, 3.63) is 41.5 Å². The molecule has 0 fully saturated rings. The Morgan fingerprint density at radius 1 is 1.53 bits per heavy atom. The molecule has 98 valence electrons. The van der Waals surface area contributed by atoms with Gasteiger partial charge in [0.25, 0.3) is 0 Å². The Morgan fingerprint density at radius 2 is 2.32 bits per heavy atom. The minimum absolute atomic E-state index is 0.200. The van der Waals surface area contributed by atoms with Crippen LogP contribution in [0.2, 0.25) is 0 Å². The van der Waals surface area contributed by atoms with Crippen molar-refractivity contribution in [2.75, 3.05) is 7.11 Å². The van der Waals surface area contributed by atoms with Gasteiger partial charge in [0, 0.05) is 5.56 Å². The summed E-state index contributed by atoms with van der Waals surface area (Å²) in [4.78, 5) is 4.13. The lowest BCUT2D eigenvalue weighted by atomic mass is 10.1.